The molecule has 0 bridgehead atoms. The molecule has 0 fully saturated rings. The van der Waals surface area contributed by atoms with Crippen molar-refractivity contribution < 1.29 is 27.5 Å². The SMILES string of the molecule is CNC(C)C(=O)N[C@@H]1C(=O)N(Cc2c(OC)cnc3ccccc23)c2ccccc2N(C(=O)CS(C)(=O)=O)[C@H]1C. The van der Waals surface area contributed by atoms with Crippen molar-refractivity contribution in [3.05, 3.63) is 60.3 Å². The fraction of sp³-hybridized carbons (Fsp3) is 0.357. The summed E-state index contributed by atoms with van der Waals surface area (Å²) in [6.07, 6.45) is 2.57. The van der Waals surface area contributed by atoms with Gasteiger partial charge in [-0.3, -0.25) is 19.4 Å². The Kier molecular flexibility index (Phi) is 8.40. The Morgan fingerprint density at radius 3 is 2.40 bits per heavy atom. The van der Waals surface area contributed by atoms with E-state index in [1.165, 1.54) is 16.9 Å². The number of nitrogens with zero attached hydrogens (tertiary/aromatic N) is 3. The van der Waals surface area contributed by atoms with Gasteiger partial charge in [-0.15, -0.1) is 0 Å². The molecule has 3 atom stereocenters. The number of carbonyl (C=O) groups is 3. The van der Waals surface area contributed by atoms with Crippen LogP contribution in [0.2, 0.25) is 0 Å². The number of nitrogens with one attached hydrogen (secondary N) is 2. The predicted octanol–water partition coefficient (Wildman–Crippen LogP) is 1.65. The van der Waals surface area contributed by atoms with Gasteiger partial charge in [-0.25, -0.2) is 8.42 Å². The highest BCUT2D eigenvalue weighted by molar-refractivity contribution is 7.91. The highest BCUT2D eigenvalue weighted by atomic mass is 32.2. The van der Waals surface area contributed by atoms with Gasteiger partial charge in [0, 0.05) is 17.2 Å². The van der Waals surface area contributed by atoms with Gasteiger partial charge in [0.05, 0.1) is 48.8 Å². The van der Waals surface area contributed by atoms with E-state index < -0.39 is 51.4 Å². The number of ether oxygens (including phenoxy) is 1. The maximum absolute atomic E-state index is 14.3. The number of benzene rings is 2. The first-order valence-electron chi connectivity index (χ1n) is 12.7. The van der Waals surface area contributed by atoms with E-state index in [0.29, 0.717) is 28.2 Å². The van der Waals surface area contributed by atoms with Crippen molar-refractivity contribution in [2.24, 2.45) is 0 Å². The maximum atomic E-state index is 14.3. The van der Waals surface area contributed by atoms with Gasteiger partial charge in [0.15, 0.2) is 9.84 Å². The van der Waals surface area contributed by atoms with Crippen LogP contribution in [0.5, 0.6) is 5.75 Å². The van der Waals surface area contributed by atoms with Crippen LogP contribution in [0.1, 0.15) is 19.4 Å². The standard InChI is InChI=1S/C28H33N5O6S/c1-17(29-3)27(35)31-26-18(2)33(25(34)16-40(5,37)38)23-13-9-8-12-22(23)32(28(26)36)15-20-19-10-6-7-11-21(19)30-14-24(20)39-4/h6-14,17-18,26,29H,15-16H2,1-5H3,(H,31,35)/t17?,18-,26-/m0/s1. The van der Waals surface area contributed by atoms with E-state index in [2.05, 4.69) is 15.6 Å². The number of sulfone groups is 1. The number of amides is 3. The van der Waals surface area contributed by atoms with Crippen LogP contribution in [-0.4, -0.2) is 75.4 Å². The second-order valence-corrected chi connectivity index (χ2v) is 11.9. The van der Waals surface area contributed by atoms with E-state index in [4.69, 9.17) is 4.74 Å². The van der Waals surface area contributed by atoms with Crippen molar-refractivity contribution in [1.82, 2.24) is 15.6 Å². The van der Waals surface area contributed by atoms with Crippen LogP contribution >= 0.6 is 0 Å². The molecule has 2 aromatic carbocycles. The van der Waals surface area contributed by atoms with Gasteiger partial charge in [-0.2, -0.15) is 0 Å². The summed E-state index contributed by atoms with van der Waals surface area (Å²) in [5.41, 5.74) is 2.14. The second kappa shape index (κ2) is 11.6. The predicted molar refractivity (Wildman–Crippen MR) is 153 cm³/mol. The van der Waals surface area contributed by atoms with Crippen LogP contribution in [-0.2, 0) is 30.8 Å². The van der Waals surface area contributed by atoms with Crippen LogP contribution < -0.4 is 25.2 Å². The van der Waals surface area contributed by atoms with Gasteiger partial charge in [0.25, 0.3) is 5.91 Å². The molecule has 1 aromatic heterocycles. The second-order valence-electron chi connectivity index (χ2n) is 9.81. The van der Waals surface area contributed by atoms with Gasteiger partial charge >= 0.3 is 0 Å². The molecule has 1 aliphatic rings. The van der Waals surface area contributed by atoms with Crippen molar-refractivity contribution in [3.8, 4) is 5.75 Å². The summed E-state index contributed by atoms with van der Waals surface area (Å²) in [4.78, 5) is 48.0. The Morgan fingerprint density at radius 2 is 1.75 bits per heavy atom. The number of para-hydroxylation sites is 3. The summed E-state index contributed by atoms with van der Waals surface area (Å²) in [5.74, 6) is -1.90. The number of aromatic nitrogens is 1. The summed E-state index contributed by atoms with van der Waals surface area (Å²) in [7, 11) is -0.552. The van der Waals surface area contributed by atoms with Crippen LogP contribution in [0.25, 0.3) is 10.9 Å². The molecule has 0 aliphatic carbocycles. The summed E-state index contributed by atoms with van der Waals surface area (Å²) < 4.78 is 29.8. The fourth-order valence-electron chi connectivity index (χ4n) is 4.84. The van der Waals surface area contributed by atoms with Crippen LogP contribution in [0.15, 0.2) is 54.7 Å². The number of anilines is 2. The molecule has 3 amide bonds. The van der Waals surface area contributed by atoms with Gasteiger partial charge in [0.2, 0.25) is 11.8 Å². The zero-order valence-electron chi connectivity index (χ0n) is 23.0. The highest BCUT2D eigenvalue weighted by Crippen LogP contribution is 2.38. The van der Waals surface area contributed by atoms with Crippen LogP contribution in [0.4, 0.5) is 11.4 Å². The molecule has 0 radical (unpaired) electrons. The van der Waals surface area contributed by atoms with E-state index in [-0.39, 0.29) is 6.54 Å². The first kappa shape index (κ1) is 29.0. The number of hydrogen-bond donors (Lipinski definition) is 2. The number of carbonyl (C=O) groups excluding carboxylic acids is 3. The topological polar surface area (TPSA) is 138 Å². The summed E-state index contributed by atoms with van der Waals surface area (Å²) in [6, 6.07) is 11.5. The summed E-state index contributed by atoms with van der Waals surface area (Å²) in [5, 5.41) is 6.42. The third-order valence-electron chi connectivity index (χ3n) is 7.02. The lowest BCUT2D eigenvalue weighted by Crippen LogP contribution is -2.60. The van der Waals surface area contributed by atoms with Gasteiger partial charge in [-0.05, 0) is 39.1 Å². The first-order valence-corrected chi connectivity index (χ1v) is 14.8. The average molecular weight is 568 g/mol. The smallest absolute Gasteiger partial charge is 0.252 e. The maximum Gasteiger partial charge on any atom is 0.252 e. The van der Waals surface area contributed by atoms with Gasteiger partial charge < -0.3 is 25.2 Å². The Bertz CT molecular complexity index is 1560. The zero-order valence-corrected chi connectivity index (χ0v) is 23.9. The van der Waals surface area contributed by atoms with Crippen molar-refractivity contribution in [2.45, 2.75) is 38.5 Å². The molecule has 11 nitrogen and oxygen atoms in total. The lowest BCUT2D eigenvalue weighted by molar-refractivity contribution is -0.129. The van der Waals surface area contributed by atoms with Crippen molar-refractivity contribution in [2.75, 3.05) is 36.0 Å². The van der Waals surface area contributed by atoms with Crippen LogP contribution in [0, 0.1) is 0 Å². The Morgan fingerprint density at radius 1 is 1.10 bits per heavy atom. The third kappa shape index (κ3) is 5.77. The van der Waals surface area contributed by atoms with Gasteiger partial charge in [0.1, 0.15) is 17.5 Å². The molecule has 3 aromatic rings. The molecule has 0 saturated carbocycles. The first-order chi connectivity index (χ1) is 19.0. The normalized spacial score (nSPS) is 18.2. The van der Waals surface area contributed by atoms with E-state index in [1.807, 2.05) is 24.3 Å². The Labute approximate surface area is 233 Å². The largest absolute Gasteiger partial charge is 0.495 e. The average Bonchev–Trinajstić information content (AvgIpc) is 3.00. The zero-order chi connectivity index (χ0) is 29.2. The van der Waals surface area contributed by atoms with E-state index in [1.54, 1.807) is 51.4 Å². The fourth-order valence-corrected chi connectivity index (χ4v) is 5.43. The molecular weight excluding hydrogens is 534 g/mol. The number of fused-ring (bicyclic) bond motifs is 2. The molecule has 40 heavy (non-hydrogen) atoms. The lowest BCUT2D eigenvalue weighted by Gasteiger charge is -2.32. The van der Waals surface area contributed by atoms with E-state index in [0.717, 1.165) is 11.6 Å². The number of rotatable bonds is 8. The minimum atomic E-state index is -3.69. The molecule has 2 heterocycles. The number of hydrogen-bond acceptors (Lipinski definition) is 8. The molecule has 0 spiro atoms. The Hall–Kier alpha value is -4.03. The van der Waals surface area contributed by atoms with E-state index >= 15 is 0 Å². The number of likely N-dealkylation sites (N-methyl/N-ethyl adjacent to an activating group) is 1. The minimum Gasteiger partial charge on any atom is -0.495 e. The minimum absolute atomic E-state index is 0.0385. The molecule has 212 valence electrons. The molecule has 0 saturated heterocycles. The molecule has 4 rings (SSSR count). The van der Waals surface area contributed by atoms with Crippen molar-refractivity contribution in [1.29, 1.82) is 0 Å². The third-order valence-corrected chi connectivity index (χ3v) is 7.79. The lowest BCUT2D eigenvalue weighted by atomic mass is 10.0. The van der Waals surface area contributed by atoms with Crippen LogP contribution in [0.3, 0.4) is 0 Å². The summed E-state index contributed by atoms with van der Waals surface area (Å²) >= 11 is 0. The number of pyridine rings is 1. The Balaban J connectivity index is 1.91. The van der Waals surface area contributed by atoms with Crippen molar-refractivity contribution >= 4 is 49.8 Å². The quantitative estimate of drug-likeness (QED) is 0.419. The molecular formula is C28H33N5O6S. The molecule has 12 heteroatoms. The van der Waals surface area contributed by atoms with Crippen molar-refractivity contribution in [3.63, 3.8) is 0 Å². The summed E-state index contributed by atoms with van der Waals surface area (Å²) in [6.45, 7) is 3.31. The monoisotopic (exact) mass is 567 g/mol. The molecule has 1 unspecified atom stereocenters. The molecule has 1 aliphatic heterocycles. The van der Waals surface area contributed by atoms with Gasteiger partial charge in [-0.1, -0.05) is 30.3 Å². The number of methoxy groups -OCH3 is 1. The molecule has 2 N–H and O–H groups in total. The highest BCUT2D eigenvalue weighted by Gasteiger charge is 2.43. The van der Waals surface area contributed by atoms with E-state index in [9.17, 15) is 22.8 Å².